The van der Waals surface area contributed by atoms with Crippen molar-refractivity contribution in [2.45, 2.75) is 43.7 Å². The molecule has 6 nitrogen and oxygen atoms in total. The van der Waals surface area contributed by atoms with Crippen molar-refractivity contribution in [2.75, 3.05) is 6.54 Å². The number of carbonyl (C=O) groups is 1. The van der Waals surface area contributed by atoms with Gasteiger partial charge in [-0.25, -0.2) is 12.4 Å². The molecule has 1 saturated heterocycles. The molecule has 0 aliphatic carbocycles. The highest BCUT2D eigenvalue weighted by Crippen LogP contribution is 2.16. The molecule has 2 N–H and O–H groups in total. The van der Waals surface area contributed by atoms with Crippen LogP contribution in [0.2, 0.25) is 0 Å². The predicted molar refractivity (Wildman–Crippen MR) is 96.1 cm³/mol. The fraction of sp³-hybridized carbons (Fsp3) is 0.389. The molecule has 1 fully saturated rings. The van der Waals surface area contributed by atoms with Crippen LogP contribution < -0.4 is 10.6 Å². The van der Waals surface area contributed by atoms with Gasteiger partial charge in [-0.05, 0) is 51.4 Å². The van der Waals surface area contributed by atoms with E-state index in [0.717, 1.165) is 28.9 Å². The molecule has 1 aromatic carbocycles. The molecule has 1 aliphatic rings. The van der Waals surface area contributed by atoms with Crippen molar-refractivity contribution in [3.8, 4) is 0 Å². The smallest absolute Gasteiger partial charge is 0.267 e. The van der Waals surface area contributed by atoms with Crippen molar-refractivity contribution in [3.63, 3.8) is 0 Å². The summed E-state index contributed by atoms with van der Waals surface area (Å²) in [5.74, 6) is -0.239. The molecule has 2 atom stereocenters. The van der Waals surface area contributed by atoms with Gasteiger partial charge in [0, 0.05) is 24.5 Å². The van der Waals surface area contributed by atoms with Crippen molar-refractivity contribution in [1.29, 1.82) is 0 Å². The van der Waals surface area contributed by atoms with Gasteiger partial charge in [-0.3, -0.25) is 4.79 Å². The molecule has 2 heterocycles. The zero-order valence-electron chi connectivity index (χ0n) is 14.4. The van der Waals surface area contributed by atoms with E-state index < -0.39 is 10.0 Å². The van der Waals surface area contributed by atoms with Crippen LogP contribution in [0, 0.1) is 6.92 Å². The van der Waals surface area contributed by atoms with E-state index in [0.29, 0.717) is 11.6 Å². The van der Waals surface area contributed by atoms with Crippen molar-refractivity contribution in [1.82, 2.24) is 14.6 Å². The molecule has 1 aliphatic heterocycles. The number of nitrogens with one attached hydrogen (secondary N) is 2. The second-order valence-corrected chi connectivity index (χ2v) is 8.44. The maximum Gasteiger partial charge on any atom is 0.267 e. The summed E-state index contributed by atoms with van der Waals surface area (Å²) < 4.78 is 26.4. The summed E-state index contributed by atoms with van der Waals surface area (Å²) in [7, 11) is -3.68. The van der Waals surface area contributed by atoms with Gasteiger partial charge in [0.2, 0.25) is 0 Å². The van der Waals surface area contributed by atoms with E-state index in [1.165, 1.54) is 18.5 Å². The van der Waals surface area contributed by atoms with Gasteiger partial charge in [-0.2, -0.15) is 0 Å². The third kappa shape index (κ3) is 3.93. The first-order chi connectivity index (χ1) is 11.9. The first-order valence-electron chi connectivity index (χ1n) is 8.41. The topological polar surface area (TPSA) is 80.2 Å². The standard InChI is InChI=1S/C18H23N3O3S/c1-13-3-5-17(6-4-13)25(23,24)21-10-8-15(12-21)18(22)20-16-7-9-19-14(2)11-16/h3-6,8,10,12,14,16,19H,7,9,11H2,1-2H3,(H,20,22). The highest BCUT2D eigenvalue weighted by Gasteiger charge is 2.22. The lowest BCUT2D eigenvalue weighted by Crippen LogP contribution is -2.46. The van der Waals surface area contributed by atoms with E-state index in [1.807, 2.05) is 6.92 Å². The number of nitrogens with zero attached hydrogens (tertiary/aromatic N) is 1. The number of benzene rings is 1. The minimum Gasteiger partial charge on any atom is -0.349 e. The number of amides is 1. The van der Waals surface area contributed by atoms with Crippen LogP contribution in [0.5, 0.6) is 0 Å². The quantitative estimate of drug-likeness (QED) is 0.872. The summed E-state index contributed by atoms with van der Waals surface area (Å²) in [6.45, 7) is 4.86. The lowest BCUT2D eigenvalue weighted by atomic mass is 10.0. The van der Waals surface area contributed by atoms with Crippen molar-refractivity contribution in [3.05, 3.63) is 53.9 Å². The lowest BCUT2D eigenvalue weighted by Gasteiger charge is -2.28. The normalized spacial score (nSPS) is 21.0. The van der Waals surface area contributed by atoms with Gasteiger partial charge in [-0.1, -0.05) is 17.7 Å². The Morgan fingerprint density at radius 1 is 1.24 bits per heavy atom. The average molecular weight is 361 g/mol. The van der Waals surface area contributed by atoms with Crippen LogP contribution in [-0.2, 0) is 10.0 Å². The molecule has 0 radical (unpaired) electrons. The summed E-state index contributed by atoms with van der Waals surface area (Å²) in [6, 6.07) is 8.66. The molecule has 2 unspecified atom stereocenters. The minimum absolute atomic E-state index is 0.112. The third-order valence-electron chi connectivity index (χ3n) is 4.48. The molecule has 0 spiro atoms. The summed E-state index contributed by atoms with van der Waals surface area (Å²) in [5.41, 5.74) is 1.34. The van der Waals surface area contributed by atoms with Crippen molar-refractivity contribution >= 4 is 15.9 Å². The van der Waals surface area contributed by atoms with Gasteiger partial charge in [-0.15, -0.1) is 0 Å². The summed E-state index contributed by atoms with van der Waals surface area (Å²) in [4.78, 5) is 12.6. The predicted octanol–water partition coefficient (Wildman–Crippen LogP) is 1.90. The molecule has 2 aromatic rings. The lowest BCUT2D eigenvalue weighted by molar-refractivity contribution is 0.0926. The molecule has 0 saturated carbocycles. The Labute approximate surface area is 148 Å². The molecular weight excluding hydrogens is 338 g/mol. The zero-order chi connectivity index (χ0) is 18.0. The van der Waals surface area contributed by atoms with Crippen LogP contribution in [0.15, 0.2) is 47.6 Å². The van der Waals surface area contributed by atoms with Gasteiger partial charge < -0.3 is 10.6 Å². The van der Waals surface area contributed by atoms with Crippen LogP contribution in [-0.4, -0.2) is 36.9 Å². The van der Waals surface area contributed by atoms with Gasteiger partial charge in [0.15, 0.2) is 0 Å². The van der Waals surface area contributed by atoms with E-state index >= 15 is 0 Å². The number of piperidine rings is 1. The maximum atomic E-state index is 12.6. The number of hydrogen-bond acceptors (Lipinski definition) is 4. The van der Waals surface area contributed by atoms with Crippen LogP contribution in [0.4, 0.5) is 0 Å². The molecule has 1 aromatic heterocycles. The number of hydrogen-bond donors (Lipinski definition) is 2. The van der Waals surface area contributed by atoms with Crippen LogP contribution in [0.3, 0.4) is 0 Å². The number of aryl methyl sites for hydroxylation is 1. The van der Waals surface area contributed by atoms with Crippen LogP contribution >= 0.6 is 0 Å². The van der Waals surface area contributed by atoms with Crippen LogP contribution in [0.25, 0.3) is 0 Å². The first-order valence-corrected chi connectivity index (χ1v) is 9.85. The Bertz CT molecular complexity index is 856. The average Bonchev–Trinajstić information content (AvgIpc) is 3.06. The molecule has 25 heavy (non-hydrogen) atoms. The van der Waals surface area contributed by atoms with Crippen LogP contribution in [0.1, 0.15) is 35.7 Å². The van der Waals surface area contributed by atoms with Gasteiger partial charge in [0.05, 0.1) is 10.5 Å². The molecule has 1 amide bonds. The molecule has 0 bridgehead atoms. The molecule has 134 valence electrons. The van der Waals surface area contributed by atoms with E-state index in [9.17, 15) is 13.2 Å². The van der Waals surface area contributed by atoms with Crippen molar-refractivity contribution < 1.29 is 13.2 Å². The molecule has 7 heteroatoms. The Kier molecular flexibility index (Phi) is 4.96. The van der Waals surface area contributed by atoms with Gasteiger partial charge in [0.25, 0.3) is 15.9 Å². The molecular formula is C18H23N3O3S. The molecule has 3 rings (SSSR count). The third-order valence-corrected chi connectivity index (χ3v) is 6.13. The monoisotopic (exact) mass is 361 g/mol. The summed E-state index contributed by atoms with van der Waals surface area (Å²) in [5, 5.41) is 6.33. The van der Waals surface area contributed by atoms with E-state index in [-0.39, 0.29) is 16.8 Å². The maximum absolute atomic E-state index is 12.6. The zero-order valence-corrected chi connectivity index (χ0v) is 15.2. The Morgan fingerprint density at radius 2 is 1.96 bits per heavy atom. The van der Waals surface area contributed by atoms with Gasteiger partial charge >= 0.3 is 0 Å². The second kappa shape index (κ2) is 7.01. The summed E-state index contributed by atoms with van der Waals surface area (Å²) in [6.07, 6.45) is 4.52. The first kappa shape index (κ1) is 17.7. The Morgan fingerprint density at radius 3 is 2.64 bits per heavy atom. The summed E-state index contributed by atoms with van der Waals surface area (Å²) >= 11 is 0. The largest absolute Gasteiger partial charge is 0.349 e. The highest BCUT2D eigenvalue weighted by atomic mass is 32.2. The Balaban J connectivity index is 1.75. The number of carbonyl (C=O) groups excluding carboxylic acids is 1. The fourth-order valence-corrected chi connectivity index (χ4v) is 4.22. The fourth-order valence-electron chi connectivity index (χ4n) is 3.02. The highest BCUT2D eigenvalue weighted by molar-refractivity contribution is 7.90. The number of rotatable bonds is 4. The van der Waals surface area contributed by atoms with E-state index in [4.69, 9.17) is 0 Å². The van der Waals surface area contributed by atoms with Gasteiger partial charge in [0.1, 0.15) is 0 Å². The SMILES string of the molecule is Cc1ccc(S(=O)(=O)n2ccc(C(=O)NC3CCNC(C)C3)c2)cc1. The number of aromatic nitrogens is 1. The van der Waals surface area contributed by atoms with E-state index in [1.54, 1.807) is 24.3 Å². The second-order valence-electron chi connectivity index (χ2n) is 6.60. The van der Waals surface area contributed by atoms with Crippen molar-refractivity contribution in [2.24, 2.45) is 0 Å². The minimum atomic E-state index is -3.68. The Hall–Kier alpha value is -2.12. The van der Waals surface area contributed by atoms with E-state index in [2.05, 4.69) is 17.6 Å².